The van der Waals surface area contributed by atoms with Crippen molar-refractivity contribution in [2.24, 2.45) is 11.3 Å². The van der Waals surface area contributed by atoms with E-state index in [-0.39, 0.29) is 17.3 Å². The van der Waals surface area contributed by atoms with Crippen molar-refractivity contribution < 1.29 is 4.39 Å². The van der Waals surface area contributed by atoms with Crippen LogP contribution >= 0.6 is 11.6 Å². The van der Waals surface area contributed by atoms with Crippen LogP contribution in [0.4, 0.5) is 4.39 Å². The minimum absolute atomic E-state index is 0.0851. The predicted molar refractivity (Wildman–Crippen MR) is 63.6 cm³/mol. The summed E-state index contributed by atoms with van der Waals surface area (Å²) in [6.07, 6.45) is 2.81. The van der Waals surface area contributed by atoms with E-state index in [1.165, 1.54) is 6.07 Å². The lowest BCUT2D eigenvalue weighted by Crippen LogP contribution is -2.42. The molecule has 0 amide bonds. The summed E-state index contributed by atoms with van der Waals surface area (Å²) >= 11 is 5.99. The molecule has 4 heteroatoms. The zero-order valence-electron chi connectivity index (χ0n) is 9.26. The minimum Gasteiger partial charge on any atom is -0.271 e. The number of hydrazine groups is 1. The Morgan fingerprint density at radius 2 is 2.25 bits per heavy atom. The van der Waals surface area contributed by atoms with Crippen LogP contribution in [0.5, 0.6) is 0 Å². The molecule has 3 N–H and O–H groups in total. The van der Waals surface area contributed by atoms with Crippen LogP contribution in [0.3, 0.4) is 0 Å². The average molecular weight is 243 g/mol. The molecule has 16 heavy (non-hydrogen) atoms. The zero-order valence-corrected chi connectivity index (χ0v) is 10.0. The molecule has 2 nitrogen and oxygen atoms in total. The first-order valence-electron chi connectivity index (χ1n) is 5.46. The number of hydrogen-bond acceptors (Lipinski definition) is 2. The zero-order chi connectivity index (χ0) is 11.8. The molecule has 1 aromatic carbocycles. The molecule has 0 bridgehead atoms. The molecule has 1 unspecified atom stereocenters. The molecule has 1 saturated carbocycles. The van der Waals surface area contributed by atoms with Crippen LogP contribution in [0.1, 0.15) is 25.3 Å². The Morgan fingerprint density at radius 1 is 1.56 bits per heavy atom. The predicted octanol–water partition coefficient (Wildman–Crippen LogP) is 2.65. The van der Waals surface area contributed by atoms with Gasteiger partial charge in [0.25, 0.3) is 0 Å². The van der Waals surface area contributed by atoms with Gasteiger partial charge in [0.15, 0.2) is 0 Å². The Balaban J connectivity index is 2.19. The third kappa shape index (κ3) is 2.21. The molecule has 1 fully saturated rings. The summed E-state index contributed by atoms with van der Waals surface area (Å²) < 4.78 is 13.6. The van der Waals surface area contributed by atoms with Gasteiger partial charge in [0.2, 0.25) is 0 Å². The van der Waals surface area contributed by atoms with E-state index in [1.807, 2.05) is 0 Å². The highest BCUT2D eigenvalue weighted by Crippen LogP contribution is 2.49. The molecule has 0 aliphatic heterocycles. The van der Waals surface area contributed by atoms with Gasteiger partial charge in [-0.05, 0) is 36.8 Å². The highest BCUT2D eigenvalue weighted by Gasteiger charge is 2.44. The number of nitrogens with one attached hydrogen (secondary N) is 1. The molecule has 1 aliphatic carbocycles. The van der Waals surface area contributed by atoms with Crippen molar-refractivity contribution in [2.45, 2.75) is 32.2 Å². The molecule has 1 atom stereocenters. The van der Waals surface area contributed by atoms with Crippen LogP contribution in [0.25, 0.3) is 0 Å². The summed E-state index contributed by atoms with van der Waals surface area (Å²) in [7, 11) is 0. The lowest BCUT2D eigenvalue weighted by atomic mass is 9.92. The third-order valence-electron chi connectivity index (χ3n) is 3.55. The second-order valence-corrected chi connectivity index (χ2v) is 5.18. The number of halogens is 2. The molecule has 0 radical (unpaired) electrons. The maximum absolute atomic E-state index is 13.6. The van der Waals surface area contributed by atoms with Crippen molar-refractivity contribution >= 4 is 11.6 Å². The summed E-state index contributed by atoms with van der Waals surface area (Å²) in [5.41, 5.74) is 3.53. The Morgan fingerprint density at radius 3 is 2.75 bits per heavy atom. The molecule has 1 aromatic rings. The van der Waals surface area contributed by atoms with E-state index in [9.17, 15) is 4.39 Å². The summed E-state index contributed by atoms with van der Waals surface area (Å²) in [4.78, 5) is 0. The van der Waals surface area contributed by atoms with Gasteiger partial charge in [-0.25, -0.2) is 4.39 Å². The van der Waals surface area contributed by atoms with Gasteiger partial charge in [-0.15, -0.1) is 0 Å². The lowest BCUT2D eigenvalue weighted by molar-refractivity contribution is 0.355. The number of nitrogens with two attached hydrogens (primary N) is 1. The first-order valence-corrected chi connectivity index (χ1v) is 5.83. The first kappa shape index (κ1) is 11.8. The normalized spacial score (nSPS) is 19.5. The quantitative estimate of drug-likeness (QED) is 0.629. The van der Waals surface area contributed by atoms with E-state index in [0.717, 1.165) is 12.8 Å². The standard InChI is InChI=1S/C12H16ClFN2/c1-12(5-6-12)11(16-15)7-8-9(13)3-2-4-10(8)14/h2-4,11,16H,5-7,15H2,1H3. The summed E-state index contributed by atoms with van der Waals surface area (Å²) in [6, 6.07) is 4.85. The molecule has 0 spiro atoms. The van der Waals surface area contributed by atoms with Crippen molar-refractivity contribution in [3.05, 3.63) is 34.6 Å². The van der Waals surface area contributed by atoms with E-state index in [2.05, 4.69) is 12.3 Å². The topological polar surface area (TPSA) is 38.0 Å². The van der Waals surface area contributed by atoms with E-state index < -0.39 is 0 Å². The lowest BCUT2D eigenvalue weighted by Gasteiger charge is -2.23. The van der Waals surface area contributed by atoms with Gasteiger partial charge < -0.3 is 0 Å². The van der Waals surface area contributed by atoms with Crippen molar-refractivity contribution in [1.82, 2.24) is 5.43 Å². The molecular weight excluding hydrogens is 227 g/mol. The van der Waals surface area contributed by atoms with E-state index in [0.29, 0.717) is 17.0 Å². The van der Waals surface area contributed by atoms with Crippen LogP contribution < -0.4 is 11.3 Å². The van der Waals surface area contributed by atoms with Gasteiger partial charge >= 0.3 is 0 Å². The average Bonchev–Trinajstić information content (AvgIpc) is 2.97. The van der Waals surface area contributed by atoms with Crippen molar-refractivity contribution in [3.63, 3.8) is 0 Å². The highest BCUT2D eigenvalue weighted by molar-refractivity contribution is 6.31. The molecular formula is C12H16ClFN2. The fourth-order valence-corrected chi connectivity index (χ4v) is 2.22. The minimum atomic E-state index is -0.253. The highest BCUT2D eigenvalue weighted by atomic mass is 35.5. The fraction of sp³-hybridized carbons (Fsp3) is 0.500. The van der Waals surface area contributed by atoms with Crippen molar-refractivity contribution in [3.8, 4) is 0 Å². The van der Waals surface area contributed by atoms with Gasteiger partial charge in [0.05, 0.1) is 0 Å². The monoisotopic (exact) mass is 242 g/mol. The number of rotatable bonds is 4. The van der Waals surface area contributed by atoms with Gasteiger partial charge in [0.1, 0.15) is 5.82 Å². The number of benzene rings is 1. The second-order valence-electron chi connectivity index (χ2n) is 4.78. The Labute approximate surface area is 99.9 Å². The third-order valence-corrected chi connectivity index (χ3v) is 3.91. The summed E-state index contributed by atoms with van der Waals surface area (Å²) in [6.45, 7) is 2.16. The Kier molecular flexibility index (Phi) is 3.19. The maximum Gasteiger partial charge on any atom is 0.127 e. The molecule has 2 rings (SSSR count). The fourth-order valence-electron chi connectivity index (χ4n) is 1.98. The van der Waals surface area contributed by atoms with Crippen LogP contribution in [0.2, 0.25) is 5.02 Å². The van der Waals surface area contributed by atoms with E-state index in [4.69, 9.17) is 17.4 Å². The molecule has 0 aromatic heterocycles. The van der Waals surface area contributed by atoms with E-state index >= 15 is 0 Å². The van der Waals surface area contributed by atoms with Crippen molar-refractivity contribution in [2.75, 3.05) is 0 Å². The van der Waals surface area contributed by atoms with Crippen LogP contribution in [-0.4, -0.2) is 6.04 Å². The smallest absolute Gasteiger partial charge is 0.127 e. The molecule has 1 aliphatic rings. The van der Waals surface area contributed by atoms with E-state index in [1.54, 1.807) is 12.1 Å². The first-order chi connectivity index (χ1) is 7.57. The maximum atomic E-state index is 13.6. The van der Waals surface area contributed by atoms with Crippen molar-refractivity contribution in [1.29, 1.82) is 0 Å². The molecule has 88 valence electrons. The molecule has 0 heterocycles. The Hall–Kier alpha value is -0.640. The van der Waals surface area contributed by atoms with Crippen LogP contribution in [0, 0.1) is 11.2 Å². The van der Waals surface area contributed by atoms with Gasteiger partial charge in [-0.1, -0.05) is 24.6 Å². The van der Waals surface area contributed by atoms with Crippen LogP contribution in [-0.2, 0) is 6.42 Å². The summed E-state index contributed by atoms with van der Waals surface area (Å²) in [5, 5.41) is 0.476. The van der Waals surface area contributed by atoms with Gasteiger partial charge in [0, 0.05) is 16.6 Å². The Bertz CT molecular complexity index is 370. The largest absolute Gasteiger partial charge is 0.271 e. The molecule has 0 saturated heterocycles. The van der Waals surface area contributed by atoms with Crippen LogP contribution in [0.15, 0.2) is 18.2 Å². The summed E-state index contributed by atoms with van der Waals surface area (Å²) in [5.74, 6) is 5.28. The van der Waals surface area contributed by atoms with Gasteiger partial charge in [-0.3, -0.25) is 11.3 Å². The number of hydrogen-bond donors (Lipinski definition) is 2. The second kappa shape index (κ2) is 4.32. The SMILES string of the molecule is CC1(C(Cc2c(F)cccc2Cl)NN)CC1. The van der Waals surface area contributed by atoms with Gasteiger partial charge in [-0.2, -0.15) is 0 Å².